The van der Waals surface area contributed by atoms with Crippen molar-refractivity contribution in [3.8, 4) is 0 Å². The maximum absolute atomic E-state index is 11.4. The van der Waals surface area contributed by atoms with E-state index in [1.54, 1.807) is 11.3 Å². The molecular weight excluding hydrogens is 196 g/mol. The highest BCUT2D eigenvalue weighted by atomic mass is 32.1. The maximum Gasteiger partial charge on any atom is 0.221 e. The number of thiophene rings is 1. The van der Waals surface area contributed by atoms with Crippen molar-refractivity contribution in [1.82, 2.24) is 10.6 Å². The zero-order valence-corrected chi connectivity index (χ0v) is 9.36. The van der Waals surface area contributed by atoms with Crippen molar-refractivity contribution >= 4 is 17.2 Å². The monoisotopic (exact) mass is 212 g/mol. The second kappa shape index (κ2) is 5.78. The summed E-state index contributed by atoms with van der Waals surface area (Å²) in [4.78, 5) is 12.6. The molecule has 0 radical (unpaired) electrons. The van der Waals surface area contributed by atoms with Gasteiger partial charge in [-0.1, -0.05) is 6.07 Å². The SMILES string of the molecule is CNCCC(=O)N[C@@H](C)c1cccs1. The quantitative estimate of drug-likeness (QED) is 0.777. The molecule has 0 saturated carbocycles. The summed E-state index contributed by atoms with van der Waals surface area (Å²) in [5.41, 5.74) is 0. The number of amides is 1. The molecule has 1 aromatic rings. The number of carbonyl (C=O) groups excluding carboxylic acids is 1. The van der Waals surface area contributed by atoms with Gasteiger partial charge in [-0.25, -0.2) is 0 Å². The van der Waals surface area contributed by atoms with Gasteiger partial charge in [-0.05, 0) is 25.4 Å². The largest absolute Gasteiger partial charge is 0.349 e. The van der Waals surface area contributed by atoms with Gasteiger partial charge < -0.3 is 10.6 Å². The van der Waals surface area contributed by atoms with Gasteiger partial charge in [-0.3, -0.25) is 4.79 Å². The number of nitrogens with one attached hydrogen (secondary N) is 2. The van der Waals surface area contributed by atoms with Crippen molar-refractivity contribution in [2.24, 2.45) is 0 Å². The fourth-order valence-corrected chi connectivity index (χ4v) is 1.90. The third kappa shape index (κ3) is 3.47. The molecule has 0 saturated heterocycles. The van der Waals surface area contributed by atoms with Crippen LogP contribution in [0.3, 0.4) is 0 Å². The van der Waals surface area contributed by atoms with E-state index in [0.717, 1.165) is 6.54 Å². The molecule has 1 atom stereocenters. The molecule has 2 N–H and O–H groups in total. The Balaban J connectivity index is 2.33. The van der Waals surface area contributed by atoms with Crippen LogP contribution in [-0.4, -0.2) is 19.5 Å². The minimum Gasteiger partial charge on any atom is -0.349 e. The van der Waals surface area contributed by atoms with E-state index in [9.17, 15) is 4.79 Å². The van der Waals surface area contributed by atoms with Gasteiger partial charge in [0.2, 0.25) is 5.91 Å². The van der Waals surface area contributed by atoms with Gasteiger partial charge in [-0.15, -0.1) is 11.3 Å². The zero-order chi connectivity index (χ0) is 10.4. The molecule has 0 aromatic carbocycles. The van der Waals surface area contributed by atoms with Gasteiger partial charge in [0.05, 0.1) is 6.04 Å². The first-order valence-electron chi connectivity index (χ1n) is 4.71. The highest BCUT2D eigenvalue weighted by Crippen LogP contribution is 2.17. The Labute approximate surface area is 88.5 Å². The molecule has 0 aliphatic carbocycles. The molecule has 1 heterocycles. The summed E-state index contributed by atoms with van der Waals surface area (Å²) >= 11 is 1.67. The summed E-state index contributed by atoms with van der Waals surface area (Å²) in [5, 5.41) is 7.92. The molecule has 0 fully saturated rings. The topological polar surface area (TPSA) is 41.1 Å². The van der Waals surface area contributed by atoms with E-state index >= 15 is 0 Å². The van der Waals surface area contributed by atoms with Crippen LogP contribution in [0, 0.1) is 0 Å². The molecule has 0 aliphatic heterocycles. The Bertz CT molecular complexity index is 272. The summed E-state index contributed by atoms with van der Waals surface area (Å²) in [6.07, 6.45) is 0.534. The minimum atomic E-state index is 0.0975. The van der Waals surface area contributed by atoms with E-state index in [0.29, 0.717) is 6.42 Å². The van der Waals surface area contributed by atoms with Crippen LogP contribution in [0.2, 0.25) is 0 Å². The Morgan fingerprint density at radius 3 is 3.00 bits per heavy atom. The Kier molecular flexibility index (Phi) is 4.62. The zero-order valence-electron chi connectivity index (χ0n) is 8.54. The molecule has 78 valence electrons. The van der Waals surface area contributed by atoms with E-state index < -0.39 is 0 Å². The van der Waals surface area contributed by atoms with E-state index in [2.05, 4.69) is 10.6 Å². The van der Waals surface area contributed by atoms with Gasteiger partial charge in [0.15, 0.2) is 0 Å². The molecule has 3 nitrogen and oxygen atoms in total. The van der Waals surface area contributed by atoms with Crippen LogP contribution < -0.4 is 10.6 Å². The van der Waals surface area contributed by atoms with E-state index in [4.69, 9.17) is 0 Å². The fraction of sp³-hybridized carbons (Fsp3) is 0.500. The summed E-state index contributed by atoms with van der Waals surface area (Å²) < 4.78 is 0. The minimum absolute atomic E-state index is 0.0975. The molecule has 1 amide bonds. The molecule has 0 spiro atoms. The maximum atomic E-state index is 11.4. The average molecular weight is 212 g/mol. The van der Waals surface area contributed by atoms with Gasteiger partial charge in [0, 0.05) is 17.8 Å². The number of hydrogen-bond donors (Lipinski definition) is 2. The Morgan fingerprint density at radius 1 is 1.64 bits per heavy atom. The average Bonchev–Trinajstić information content (AvgIpc) is 2.67. The van der Waals surface area contributed by atoms with Gasteiger partial charge in [0.25, 0.3) is 0 Å². The van der Waals surface area contributed by atoms with E-state index in [1.165, 1.54) is 4.88 Å². The normalized spacial score (nSPS) is 12.4. The lowest BCUT2D eigenvalue weighted by Gasteiger charge is -2.11. The molecule has 0 unspecified atom stereocenters. The lowest BCUT2D eigenvalue weighted by atomic mass is 10.2. The van der Waals surface area contributed by atoms with Crippen molar-refractivity contribution in [2.45, 2.75) is 19.4 Å². The van der Waals surface area contributed by atoms with Crippen molar-refractivity contribution in [1.29, 1.82) is 0 Å². The smallest absolute Gasteiger partial charge is 0.221 e. The van der Waals surface area contributed by atoms with E-state index in [1.807, 2.05) is 31.5 Å². The highest BCUT2D eigenvalue weighted by molar-refractivity contribution is 7.10. The van der Waals surface area contributed by atoms with Crippen molar-refractivity contribution in [3.05, 3.63) is 22.4 Å². The van der Waals surface area contributed by atoms with Crippen LogP contribution in [0.25, 0.3) is 0 Å². The predicted molar refractivity (Wildman–Crippen MR) is 59.4 cm³/mol. The second-order valence-electron chi connectivity index (χ2n) is 3.16. The number of carbonyl (C=O) groups is 1. The fourth-order valence-electron chi connectivity index (χ4n) is 1.16. The van der Waals surface area contributed by atoms with E-state index in [-0.39, 0.29) is 11.9 Å². The van der Waals surface area contributed by atoms with Gasteiger partial charge in [-0.2, -0.15) is 0 Å². The molecule has 14 heavy (non-hydrogen) atoms. The predicted octanol–water partition coefficient (Wildman–Crippen LogP) is 1.53. The molecule has 1 aromatic heterocycles. The number of hydrogen-bond acceptors (Lipinski definition) is 3. The molecule has 4 heteroatoms. The Hall–Kier alpha value is -0.870. The van der Waals surface area contributed by atoms with Crippen LogP contribution in [0.15, 0.2) is 17.5 Å². The third-order valence-corrected chi connectivity index (χ3v) is 3.00. The van der Waals surface area contributed by atoms with Crippen LogP contribution in [-0.2, 0) is 4.79 Å². The first-order chi connectivity index (χ1) is 6.74. The molecule has 1 rings (SSSR count). The molecule has 0 aliphatic rings. The lowest BCUT2D eigenvalue weighted by molar-refractivity contribution is -0.121. The van der Waals surface area contributed by atoms with Gasteiger partial charge in [0.1, 0.15) is 0 Å². The van der Waals surface area contributed by atoms with Crippen LogP contribution in [0.4, 0.5) is 0 Å². The summed E-state index contributed by atoms with van der Waals surface area (Å²) in [6, 6.07) is 4.16. The molecular formula is C10H16N2OS. The molecule has 0 bridgehead atoms. The van der Waals surface area contributed by atoms with Crippen LogP contribution in [0.5, 0.6) is 0 Å². The summed E-state index contributed by atoms with van der Waals surface area (Å²) in [5.74, 6) is 0.0975. The van der Waals surface area contributed by atoms with Crippen molar-refractivity contribution in [2.75, 3.05) is 13.6 Å². The van der Waals surface area contributed by atoms with Crippen molar-refractivity contribution < 1.29 is 4.79 Å². The summed E-state index contributed by atoms with van der Waals surface area (Å²) in [7, 11) is 1.84. The van der Waals surface area contributed by atoms with Crippen LogP contribution in [0.1, 0.15) is 24.3 Å². The van der Waals surface area contributed by atoms with Crippen LogP contribution >= 0.6 is 11.3 Å². The Morgan fingerprint density at radius 2 is 2.43 bits per heavy atom. The third-order valence-electron chi connectivity index (χ3n) is 1.95. The standard InChI is InChI=1S/C10H16N2OS/c1-8(9-4-3-7-14-9)12-10(13)5-6-11-2/h3-4,7-8,11H,5-6H2,1-2H3,(H,12,13)/t8-/m0/s1. The van der Waals surface area contributed by atoms with Crippen molar-refractivity contribution in [3.63, 3.8) is 0 Å². The highest BCUT2D eigenvalue weighted by Gasteiger charge is 2.09. The number of rotatable bonds is 5. The lowest BCUT2D eigenvalue weighted by Crippen LogP contribution is -2.28. The second-order valence-corrected chi connectivity index (χ2v) is 4.14. The first-order valence-corrected chi connectivity index (χ1v) is 5.59. The van der Waals surface area contributed by atoms with Gasteiger partial charge >= 0.3 is 0 Å². The summed E-state index contributed by atoms with van der Waals surface area (Å²) in [6.45, 7) is 2.73. The first kappa shape index (κ1) is 11.2.